The highest BCUT2D eigenvalue weighted by atomic mass is 16.2. The van der Waals surface area contributed by atoms with Crippen LogP contribution in [0.5, 0.6) is 0 Å². The number of primary amides is 1. The Bertz CT molecular complexity index is 249. The summed E-state index contributed by atoms with van der Waals surface area (Å²) in [6.07, 6.45) is 1.95. The third-order valence-electron chi connectivity index (χ3n) is 2.76. The molecule has 6 heteroatoms. The van der Waals surface area contributed by atoms with Gasteiger partial charge in [0.05, 0.1) is 5.92 Å². The minimum absolute atomic E-state index is 0.0461. The van der Waals surface area contributed by atoms with E-state index in [1.54, 1.807) is 0 Å². The topological polar surface area (TPSA) is 96.2 Å². The molecule has 1 heterocycles. The van der Waals surface area contributed by atoms with Gasteiger partial charge in [0.2, 0.25) is 5.91 Å². The number of hydrogen-bond acceptors (Lipinski definition) is 3. The van der Waals surface area contributed by atoms with Crippen molar-refractivity contribution in [2.75, 3.05) is 19.6 Å². The average Bonchev–Trinajstić information content (AvgIpc) is 2.25. The highest BCUT2D eigenvalue weighted by molar-refractivity contribution is 5.79. The first-order valence-corrected chi connectivity index (χ1v) is 5.64. The van der Waals surface area contributed by atoms with Crippen molar-refractivity contribution in [3.63, 3.8) is 0 Å². The molecule has 0 aromatic heterocycles. The minimum Gasteiger partial charge on any atom is -0.354 e. The number of rotatable bonds is 4. The van der Waals surface area contributed by atoms with E-state index >= 15 is 0 Å². The van der Waals surface area contributed by atoms with Crippen molar-refractivity contribution in [3.8, 4) is 0 Å². The molecule has 1 saturated heterocycles. The van der Waals surface area contributed by atoms with Gasteiger partial charge in [0.25, 0.3) is 0 Å². The molecule has 0 aliphatic carbocycles. The van der Waals surface area contributed by atoms with Gasteiger partial charge < -0.3 is 21.7 Å². The van der Waals surface area contributed by atoms with Gasteiger partial charge >= 0.3 is 6.03 Å². The Kier molecular flexibility index (Phi) is 5.04. The van der Waals surface area contributed by atoms with Gasteiger partial charge in [-0.05, 0) is 19.8 Å². The maximum atomic E-state index is 11.7. The van der Waals surface area contributed by atoms with Crippen LogP contribution in [0, 0.1) is 5.92 Å². The summed E-state index contributed by atoms with van der Waals surface area (Å²) in [5.41, 5.74) is 4.89. The molecule has 0 spiro atoms. The fourth-order valence-electron chi connectivity index (χ4n) is 1.74. The predicted octanol–water partition coefficient (Wildman–Crippen LogP) is -0.841. The lowest BCUT2D eigenvalue weighted by Crippen LogP contribution is -2.45. The lowest BCUT2D eigenvalue weighted by molar-refractivity contribution is -0.125. The number of nitrogens with one attached hydrogen (secondary N) is 3. The van der Waals surface area contributed by atoms with Crippen LogP contribution in [-0.2, 0) is 4.79 Å². The summed E-state index contributed by atoms with van der Waals surface area (Å²) in [5.74, 6) is 0.0930. The highest BCUT2D eigenvalue weighted by Crippen LogP contribution is 2.13. The fourth-order valence-corrected chi connectivity index (χ4v) is 1.74. The van der Waals surface area contributed by atoms with E-state index in [9.17, 15) is 9.59 Å². The number of carbonyl (C=O) groups is 2. The number of carbonyl (C=O) groups excluding carboxylic acids is 2. The quantitative estimate of drug-likeness (QED) is 0.472. The van der Waals surface area contributed by atoms with Crippen LogP contribution in [0.2, 0.25) is 0 Å². The van der Waals surface area contributed by atoms with Crippen molar-refractivity contribution >= 4 is 11.9 Å². The molecule has 1 fully saturated rings. The van der Waals surface area contributed by atoms with Crippen molar-refractivity contribution in [1.29, 1.82) is 0 Å². The molecule has 1 aliphatic heterocycles. The van der Waals surface area contributed by atoms with Crippen LogP contribution in [-0.4, -0.2) is 37.6 Å². The van der Waals surface area contributed by atoms with E-state index in [1.165, 1.54) is 0 Å². The molecule has 0 aromatic rings. The van der Waals surface area contributed by atoms with E-state index < -0.39 is 6.03 Å². The summed E-state index contributed by atoms with van der Waals surface area (Å²) in [6.45, 7) is 3.65. The summed E-state index contributed by atoms with van der Waals surface area (Å²) < 4.78 is 0. The number of amides is 3. The van der Waals surface area contributed by atoms with Crippen LogP contribution in [0.1, 0.15) is 19.8 Å². The largest absolute Gasteiger partial charge is 0.354 e. The van der Waals surface area contributed by atoms with Gasteiger partial charge in [-0.3, -0.25) is 4.79 Å². The lowest BCUT2D eigenvalue weighted by Gasteiger charge is -2.26. The van der Waals surface area contributed by atoms with Gasteiger partial charge in [0, 0.05) is 25.7 Å². The van der Waals surface area contributed by atoms with Gasteiger partial charge in [-0.25, -0.2) is 4.79 Å². The molecule has 0 saturated carbocycles. The zero-order valence-electron chi connectivity index (χ0n) is 9.58. The SMILES string of the molecule is CC1CCC(C(=O)NCCNC(N)=O)CN1. The first-order valence-electron chi connectivity index (χ1n) is 5.64. The maximum absolute atomic E-state index is 11.7. The molecule has 1 aliphatic rings. The molecule has 2 unspecified atom stereocenters. The average molecular weight is 228 g/mol. The number of hydrogen-bond donors (Lipinski definition) is 4. The van der Waals surface area contributed by atoms with Gasteiger partial charge in [-0.2, -0.15) is 0 Å². The van der Waals surface area contributed by atoms with Crippen LogP contribution >= 0.6 is 0 Å². The van der Waals surface area contributed by atoms with E-state index in [0.29, 0.717) is 19.1 Å². The maximum Gasteiger partial charge on any atom is 0.312 e. The molecule has 1 rings (SSSR count). The third-order valence-corrected chi connectivity index (χ3v) is 2.76. The van der Waals surface area contributed by atoms with Crippen molar-refractivity contribution in [2.45, 2.75) is 25.8 Å². The zero-order valence-corrected chi connectivity index (χ0v) is 9.58. The Morgan fingerprint density at radius 3 is 2.56 bits per heavy atom. The van der Waals surface area contributed by atoms with E-state index in [-0.39, 0.29) is 11.8 Å². The molecule has 6 nitrogen and oxygen atoms in total. The van der Waals surface area contributed by atoms with Crippen molar-refractivity contribution in [2.24, 2.45) is 11.7 Å². The Morgan fingerprint density at radius 1 is 1.31 bits per heavy atom. The number of urea groups is 1. The van der Waals surface area contributed by atoms with Crippen LogP contribution in [0.25, 0.3) is 0 Å². The second kappa shape index (κ2) is 6.32. The summed E-state index contributed by atoms with van der Waals surface area (Å²) >= 11 is 0. The summed E-state index contributed by atoms with van der Waals surface area (Å²) in [5, 5.41) is 8.46. The monoisotopic (exact) mass is 228 g/mol. The predicted molar refractivity (Wildman–Crippen MR) is 60.8 cm³/mol. The Hall–Kier alpha value is -1.30. The van der Waals surface area contributed by atoms with Crippen molar-refractivity contribution in [3.05, 3.63) is 0 Å². The molecule has 2 atom stereocenters. The van der Waals surface area contributed by atoms with Crippen LogP contribution in [0.15, 0.2) is 0 Å². The fraction of sp³-hybridized carbons (Fsp3) is 0.800. The Balaban J connectivity index is 2.12. The minimum atomic E-state index is -0.567. The zero-order chi connectivity index (χ0) is 12.0. The van der Waals surface area contributed by atoms with Gasteiger partial charge in [0.15, 0.2) is 0 Å². The van der Waals surface area contributed by atoms with E-state index in [2.05, 4.69) is 22.9 Å². The standard InChI is InChI=1S/C10H20N4O2/c1-7-2-3-8(6-14-7)9(15)12-4-5-13-10(11)16/h7-8,14H,2-6H2,1H3,(H,12,15)(H3,11,13,16). The Labute approximate surface area is 95.3 Å². The molecule has 0 radical (unpaired) electrons. The van der Waals surface area contributed by atoms with Gasteiger partial charge in [0.1, 0.15) is 0 Å². The molecule has 16 heavy (non-hydrogen) atoms. The number of nitrogens with two attached hydrogens (primary N) is 1. The van der Waals surface area contributed by atoms with Gasteiger partial charge in [-0.1, -0.05) is 0 Å². The van der Waals surface area contributed by atoms with Crippen molar-refractivity contribution in [1.82, 2.24) is 16.0 Å². The van der Waals surface area contributed by atoms with Crippen LogP contribution < -0.4 is 21.7 Å². The van der Waals surface area contributed by atoms with E-state index in [4.69, 9.17) is 5.73 Å². The molecule has 0 bridgehead atoms. The van der Waals surface area contributed by atoms with E-state index in [0.717, 1.165) is 19.4 Å². The first-order chi connectivity index (χ1) is 7.59. The van der Waals surface area contributed by atoms with E-state index in [1.807, 2.05) is 0 Å². The summed E-state index contributed by atoms with van der Waals surface area (Å²) in [7, 11) is 0. The second-order valence-corrected chi connectivity index (χ2v) is 4.17. The van der Waals surface area contributed by atoms with Crippen LogP contribution in [0.3, 0.4) is 0 Å². The smallest absolute Gasteiger partial charge is 0.312 e. The second-order valence-electron chi connectivity index (χ2n) is 4.17. The molecule has 92 valence electrons. The normalized spacial score (nSPS) is 24.8. The highest BCUT2D eigenvalue weighted by Gasteiger charge is 2.23. The molecule has 5 N–H and O–H groups in total. The first kappa shape index (κ1) is 12.8. The molecular formula is C10H20N4O2. The molecule has 0 aromatic carbocycles. The van der Waals surface area contributed by atoms with Gasteiger partial charge in [-0.15, -0.1) is 0 Å². The van der Waals surface area contributed by atoms with Crippen molar-refractivity contribution < 1.29 is 9.59 Å². The summed E-state index contributed by atoms with van der Waals surface area (Å²) in [4.78, 5) is 22.0. The lowest BCUT2D eigenvalue weighted by atomic mass is 9.95. The molecule has 3 amide bonds. The number of piperidine rings is 1. The summed E-state index contributed by atoms with van der Waals surface area (Å²) in [6, 6.07) is -0.0667. The Morgan fingerprint density at radius 2 is 2.00 bits per heavy atom. The third kappa shape index (κ3) is 4.48. The molecular weight excluding hydrogens is 208 g/mol. The van der Waals surface area contributed by atoms with Crippen LogP contribution in [0.4, 0.5) is 4.79 Å².